The Kier molecular flexibility index (Phi) is 9.30. The molecule has 0 fully saturated rings. The summed E-state index contributed by atoms with van der Waals surface area (Å²) < 4.78 is 0. The normalized spacial score (nSPS) is 9.94. The third kappa shape index (κ3) is 7.34. The largest absolute Gasteiger partial charge is 0.360 e. The van der Waals surface area contributed by atoms with Crippen LogP contribution in [0.2, 0.25) is 5.02 Å². The average Bonchev–Trinajstić information content (AvgIpc) is 2.86. The van der Waals surface area contributed by atoms with Crippen LogP contribution >= 0.6 is 23.2 Å². The highest BCUT2D eigenvalue weighted by atomic mass is 35.5. The van der Waals surface area contributed by atoms with Crippen LogP contribution in [0.5, 0.6) is 0 Å². The number of anilines is 4. The van der Waals surface area contributed by atoms with Crippen LogP contribution in [0, 0.1) is 0 Å². The highest BCUT2D eigenvalue weighted by molar-refractivity contribution is 6.32. The van der Waals surface area contributed by atoms with E-state index in [2.05, 4.69) is 50.7 Å². The highest BCUT2D eigenvalue weighted by Gasteiger charge is 2.07. The summed E-state index contributed by atoms with van der Waals surface area (Å²) in [7, 11) is 0. The van der Waals surface area contributed by atoms with Gasteiger partial charge in [-0.25, -0.2) is 9.97 Å². The van der Waals surface area contributed by atoms with Crippen LogP contribution in [0.1, 0.15) is 12.5 Å². The van der Waals surface area contributed by atoms with Gasteiger partial charge in [-0.3, -0.25) is 0 Å². The van der Waals surface area contributed by atoms with Gasteiger partial charge < -0.3 is 16.0 Å². The second kappa shape index (κ2) is 12.6. The Labute approximate surface area is 216 Å². The molecule has 0 saturated carbocycles. The Bertz CT molecular complexity index is 1300. The summed E-state index contributed by atoms with van der Waals surface area (Å²) in [5.74, 6) is 0.513. The second-order valence-corrected chi connectivity index (χ2v) is 7.94. The van der Waals surface area contributed by atoms with Crippen LogP contribution in [0.3, 0.4) is 0 Å². The summed E-state index contributed by atoms with van der Waals surface area (Å²) >= 11 is 10.9. The Balaban J connectivity index is 0.00000167. The molecule has 0 spiro atoms. The van der Waals surface area contributed by atoms with E-state index in [9.17, 15) is 0 Å². The minimum absolute atomic E-state index is 0.513. The fourth-order valence-corrected chi connectivity index (χ4v) is 3.55. The lowest BCUT2D eigenvalue weighted by atomic mass is 10.1. The zero-order valence-corrected chi connectivity index (χ0v) is 21.2. The first-order valence-electron chi connectivity index (χ1n) is 10.8. The van der Waals surface area contributed by atoms with Crippen LogP contribution in [0.25, 0.3) is 17.0 Å². The molecule has 0 aliphatic heterocycles. The predicted octanol–water partition coefficient (Wildman–Crippen LogP) is 8.42. The molecule has 3 N–H and O–H groups in total. The third-order valence-corrected chi connectivity index (χ3v) is 5.14. The van der Waals surface area contributed by atoms with Crippen LogP contribution in [-0.4, -0.2) is 16.4 Å². The molecule has 0 atom stereocenters. The van der Waals surface area contributed by atoms with Gasteiger partial charge in [-0.15, -0.1) is 11.6 Å². The average molecular weight is 504 g/mol. The lowest BCUT2D eigenvalue weighted by Gasteiger charge is -2.13. The number of aromatic nitrogens is 2. The molecule has 4 aromatic rings. The molecule has 0 aliphatic carbocycles. The number of hydrogen-bond acceptors (Lipinski definition) is 5. The number of rotatable bonds is 8. The van der Waals surface area contributed by atoms with Crippen molar-refractivity contribution in [2.45, 2.75) is 6.92 Å². The minimum Gasteiger partial charge on any atom is -0.360 e. The Morgan fingerprint density at radius 2 is 1.51 bits per heavy atom. The molecule has 0 radical (unpaired) electrons. The van der Waals surface area contributed by atoms with Gasteiger partial charge in [0.1, 0.15) is 0 Å². The molecule has 3 aromatic carbocycles. The van der Waals surface area contributed by atoms with Crippen LogP contribution in [-0.2, 0) is 0 Å². The number of halogens is 2. The maximum absolute atomic E-state index is 6.28. The first-order valence-corrected chi connectivity index (χ1v) is 11.9. The summed E-state index contributed by atoms with van der Waals surface area (Å²) in [4.78, 5) is 9.03. The lowest BCUT2D eigenvalue weighted by Crippen LogP contribution is -2.00. The van der Waals surface area contributed by atoms with Crippen molar-refractivity contribution in [1.29, 1.82) is 0 Å². The fourth-order valence-electron chi connectivity index (χ4n) is 3.30. The molecule has 0 saturated heterocycles. The first kappa shape index (κ1) is 25.8. The van der Waals surface area contributed by atoms with Crippen molar-refractivity contribution in [2.75, 3.05) is 22.3 Å². The zero-order valence-electron chi connectivity index (χ0n) is 19.6. The van der Waals surface area contributed by atoms with E-state index in [1.807, 2.05) is 85.8 Å². The lowest BCUT2D eigenvalue weighted by molar-refractivity contribution is 1.17. The van der Waals surface area contributed by atoms with E-state index in [4.69, 9.17) is 11.6 Å². The SMILES string of the molecule is C=C(C)Nc1ccc(-c2ccnc(Nc3cccc(NC(=C)c4ccccc4Cl)c3)n2)cc1.CCl. The number of nitrogens with zero attached hydrogens (tertiary/aromatic N) is 2. The highest BCUT2D eigenvalue weighted by Crippen LogP contribution is 2.26. The van der Waals surface area contributed by atoms with Crippen molar-refractivity contribution in [2.24, 2.45) is 0 Å². The molecule has 0 unspecified atom stereocenters. The maximum atomic E-state index is 6.28. The molecule has 0 aliphatic rings. The predicted molar refractivity (Wildman–Crippen MR) is 152 cm³/mol. The number of benzene rings is 3. The van der Waals surface area contributed by atoms with Gasteiger partial charge in [0.2, 0.25) is 5.95 Å². The van der Waals surface area contributed by atoms with E-state index in [-0.39, 0.29) is 0 Å². The molecule has 5 nitrogen and oxygen atoms in total. The van der Waals surface area contributed by atoms with Gasteiger partial charge in [0.15, 0.2) is 0 Å². The quantitative estimate of drug-likeness (QED) is 0.210. The molecule has 1 heterocycles. The molecule has 1 aromatic heterocycles. The number of allylic oxidation sites excluding steroid dienone is 1. The molecule has 0 bridgehead atoms. The summed E-state index contributed by atoms with van der Waals surface area (Å²) in [5.41, 5.74) is 7.02. The summed E-state index contributed by atoms with van der Waals surface area (Å²) in [6.07, 6.45) is 3.21. The van der Waals surface area contributed by atoms with E-state index >= 15 is 0 Å². The molecular formula is C28H27Cl2N5. The van der Waals surface area contributed by atoms with Crippen molar-refractivity contribution in [1.82, 2.24) is 9.97 Å². The topological polar surface area (TPSA) is 61.9 Å². The van der Waals surface area contributed by atoms with E-state index in [0.717, 1.165) is 45.3 Å². The van der Waals surface area contributed by atoms with Crippen molar-refractivity contribution in [3.05, 3.63) is 115 Å². The van der Waals surface area contributed by atoms with Crippen molar-refractivity contribution in [3.8, 4) is 11.3 Å². The first-order chi connectivity index (χ1) is 17.0. The van der Waals surface area contributed by atoms with Crippen LogP contribution in [0.15, 0.2) is 104 Å². The molecular weight excluding hydrogens is 477 g/mol. The van der Waals surface area contributed by atoms with Crippen LogP contribution in [0.4, 0.5) is 23.0 Å². The Morgan fingerprint density at radius 3 is 2.23 bits per heavy atom. The third-order valence-electron chi connectivity index (χ3n) is 4.81. The minimum atomic E-state index is 0.513. The number of nitrogens with one attached hydrogen (secondary N) is 3. The summed E-state index contributed by atoms with van der Waals surface area (Å²) in [6.45, 7) is 9.90. The molecule has 178 valence electrons. The van der Waals surface area contributed by atoms with Gasteiger partial charge in [-0.1, -0.05) is 61.2 Å². The van der Waals surface area contributed by atoms with Crippen molar-refractivity contribution in [3.63, 3.8) is 0 Å². The Morgan fingerprint density at radius 1 is 0.800 bits per heavy atom. The van der Waals surface area contributed by atoms with Gasteiger partial charge in [-0.2, -0.15) is 0 Å². The molecule has 4 rings (SSSR count). The van der Waals surface area contributed by atoms with Gasteiger partial charge in [0.25, 0.3) is 0 Å². The van der Waals surface area contributed by atoms with Crippen molar-refractivity contribution >= 4 is 51.9 Å². The van der Waals surface area contributed by atoms with E-state index in [1.165, 1.54) is 6.38 Å². The maximum Gasteiger partial charge on any atom is 0.227 e. The molecule has 7 heteroatoms. The van der Waals surface area contributed by atoms with E-state index in [0.29, 0.717) is 11.0 Å². The summed E-state index contributed by atoms with van der Waals surface area (Å²) in [6, 6.07) is 25.4. The van der Waals surface area contributed by atoms with Gasteiger partial charge in [-0.05, 0) is 49.4 Å². The van der Waals surface area contributed by atoms with Gasteiger partial charge >= 0.3 is 0 Å². The second-order valence-electron chi connectivity index (χ2n) is 7.54. The Hall–Kier alpha value is -3.80. The number of hydrogen-bond donors (Lipinski definition) is 3. The summed E-state index contributed by atoms with van der Waals surface area (Å²) in [5, 5.41) is 10.4. The van der Waals surface area contributed by atoms with Gasteiger partial charge in [0.05, 0.1) is 5.69 Å². The van der Waals surface area contributed by atoms with Crippen molar-refractivity contribution < 1.29 is 0 Å². The monoisotopic (exact) mass is 503 g/mol. The fraction of sp³-hybridized carbons (Fsp3) is 0.0714. The molecule has 35 heavy (non-hydrogen) atoms. The van der Waals surface area contributed by atoms with Crippen LogP contribution < -0.4 is 16.0 Å². The smallest absolute Gasteiger partial charge is 0.227 e. The van der Waals surface area contributed by atoms with E-state index < -0.39 is 0 Å². The standard InChI is InChI=1S/C27H24ClN5.CH3Cl/c1-18(2)30-21-13-11-20(12-14-21)26-15-16-29-27(33-26)32-23-8-6-7-22(17-23)31-19(3)24-9-4-5-10-25(24)28;1-2/h4-17,30-31H,1,3H2,2H3,(H,29,32,33);1H3. The molecule has 0 amide bonds. The van der Waals surface area contributed by atoms with Gasteiger partial charge in [0, 0.05) is 57.2 Å². The van der Waals surface area contributed by atoms with E-state index in [1.54, 1.807) is 6.20 Å². The zero-order chi connectivity index (χ0) is 25.2. The number of alkyl halides is 1.